The van der Waals surface area contributed by atoms with Gasteiger partial charge in [0, 0.05) is 27.4 Å². The van der Waals surface area contributed by atoms with Gasteiger partial charge in [-0.25, -0.2) is 14.2 Å². The second kappa shape index (κ2) is 6.32. The highest BCUT2D eigenvalue weighted by molar-refractivity contribution is 9.10. The molecule has 0 bridgehead atoms. The third-order valence-corrected chi connectivity index (χ3v) is 4.06. The highest BCUT2D eigenvalue weighted by Crippen LogP contribution is 2.36. The molecule has 0 saturated heterocycles. The Bertz CT molecular complexity index is 784. The molecule has 1 N–H and O–H groups in total. The molecule has 0 spiro atoms. The number of hydrogen-bond donors (Lipinski definition) is 1. The van der Waals surface area contributed by atoms with Crippen molar-refractivity contribution in [2.24, 2.45) is 0 Å². The number of ether oxygens (including phenoxy) is 1. The molecule has 2 aromatic rings. The summed E-state index contributed by atoms with van der Waals surface area (Å²) < 4.78 is 19.9. The molecule has 1 heterocycles. The highest BCUT2D eigenvalue weighted by atomic mass is 79.9. The van der Waals surface area contributed by atoms with Crippen molar-refractivity contribution in [2.45, 2.75) is 20.8 Å². The summed E-state index contributed by atoms with van der Waals surface area (Å²) in [6, 6.07) is 3.06. The van der Waals surface area contributed by atoms with E-state index < -0.39 is 0 Å². The Hall–Kier alpha value is -2.13. The van der Waals surface area contributed by atoms with Gasteiger partial charge < -0.3 is 10.1 Å². The second-order valence-electron chi connectivity index (χ2n) is 4.85. The monoisotopic (exact) mass is 363 g/mol. The first-order chi connectivity index (χ1) is 10.4. The van der Waals surface area contributed by atoms with Crippen molar-refractivity contribution in [1.29, 1.82) is 0 Å². The van der Waals surface area contributed by atoms with Gasteiger partial charge in [-0.1, -0.05) is 0 Å². The van der Waals surface area contributed by atoms with E-state index in [9.17, 15) is 4.39 Å². The number of nitrogens with zero attached hydrogens (tertiary/aromatic N) is 2. The number of halogens is 2. The second-order valence-corrected chi connectivity index (χ2v) is 5.70. The molecular weight excluding hydrogens is 349 g/mol. The normalized spacial score (nSPS) is 10.2. The maximum atomic E-state index is 14.0. The largest absolute Gasteiger partial charge is 0.496 e. The first-order valence-electron chi connectivity index (χ1n) is 6.54. The molecule has 0 aliphatic heterocycles. The average molecular weight is 364 g/mol. The van der Waals surface area contributed by atoms with Crippen LogP contribution in [0.1, 0.15) is 16.8 Å². The number of nitrogens with one attached hydrogen (secondary N) is 1. The summed E-state index contributed by atoms with van der Waals surface area (Å²) in [7, 11) is 1.50. The lowest BCUT2D eigenvalue weighted by atomic mass is 10.1. The van der Waals surface area contributed by atoms with Gasteiger partial charge in [-0.15, -0.1) is 0 Å². The predicted octanol–water partition coefficient (Wildman–Crippen LogP) is 5.21. The molecule has 22 heavy (non-hydrogen) atoms. The van der Waals surface area contributed by atoms with Gasteiger partial charge in [-0.05, 0) is 42.8 Å². The van der Waals surface area contributed by atoms with E-state index in [-0.39, 0.29) is 5.82 Å². The van der Waals surface area contributed by atoms with Gasteiger partial charge in [0.05, 0.1) is 19.4 Å². The topological polar surface area (TPSA) is 38.5 Å². The zero-order chi connectivity index (χ0) is 16.4. The molecule has 0 unspecified atom stereocenters. The molecule has 0 saturated carbocycles. The minimum atomic E-state index is -0.351. The van der Waals surface area contributed by atoms with Crippen LogP contribution >= 0.6 is 15.9 Å². The summed E-state index contributed by atoms with van der Waals surface area (Å²) >= 11 is 3.39. The van der Waals surface area contributed by atoms with Crippen molar-refractivity contribution in [3.8, 4) is 5.75 Å². The van der Waals surface area contributed by atoms with Crippen LogP contribution in [0, 0.1) is 33.2 Å². The Balaban J connectivity index is 2.55. The van der Waals surface area contributed by atoms with Crippen molar-refractivity contribution >= 4 is 33.1 Å². The fraction of sp³-hybridized carbons (Fsp3) is 0.250. The van der Waals surface area contributed by atoms with Crippen LogP contribution in [-0.4, -0.2) is 12.1 Å². The molecule has 0 aliphatic rings. The zero-order valence-corrected chi connectivity index (χ0v) is 14.3. The van der Waals surface area contributed by atoms with E-state index in [1.807, 2.05) is 6.92 Å². The molecule has 0 radical (unpaired) electrons. The molecule has 0 amide bonds. The Kier molecular flexibility index (Phi) is 4.67. The van der Waals surface area contributed by atoms with Gasteiger partial charge in [0.15, 0.2) is 0 Å². The van der Waals surface area contributed by atoms with Crippen molar-refractivity contribution in [3.63, 3.8) is 0 Å². The fourth-order valence-electron chi connectivity index (χ4n) is 2.15. The number of aromatic nitrogens is 1. The summed E-state index contributed by atoms with van der Waals surface area (Å²) in [5, 5.41) is 3.14. The minimum absolute atomic E-state index is 0.351. The van der Waals surface area contributed by atoms with Crippen LogP contribution in [-0.2, 0) is 0 Å². The minimum Gasteiger partial charge on any atom is -0.496 e. The van der Waals surface area contributed by atoms with Crippen molar-refractivity contribution in [1.82, 2.24) is 4.98 Å². The number of rotatable bonds is 3. The lowest BCUT2D eigenvalue weighted by Crippen LogP contribution is -2.03. The lowest BCUT2D eigenvalue weighted by Gasteiger charge is -2.17. The fourth-order valence-corrected chi connectivity index (χ4v) is 2.55. The van der Waals surface area contributed by atoms with Gasteiger partial charge in [0.25, 0.3) is 0 Å². The molecule has 0 fully saturated rings. The highest BCUT2D eigenvalue weighted by Gasteiger charge is 2.16. The lowest BCUT2D eigenvalue weighted by molar-refractivity contribution is 0.408. The van der Waals surface area contributed by atoms with Gasteiger partial charge in [0.1, 0.15) is 17.4 Å². The predicted molar refractivity (Wildman–Crippen MR) is 88.6 cm³/mol. The molecule has 0 aliphatic carbocycles. The van der Waals surface area contributed by atoms with Crippen molar-refractivity contribution in [3.05, 3.63) is 50.7 Å². The Labute approximate surface area is 137 Å². The van der Waals surface area contributed by atoms with E-state index in [0.717, 1.165) is 5.56 Å². The van der Waals surface area contributed by atoms with E-state index in [0.29, 0.717) is 38.7 Å². The van der Waals surface area contributed by atoms with Crippen LogP contribution in [0.25, 0.3) is 4.85 Å². The maximum Gasteiger partial charge on any atom is 0.209 e. The van der Waals surface area contributed by atoms with E-state index in [2.05, 4.69) is 31.1 Å². The van der Waals surface area contributed by atoms with E-state index >= 15 is 0 Å². The maximum absolute atomic E-state index is 14.0. The third kappa shape index (κ3) is 2.90. The smallest absolute Gasteiger partial charge is 0.209 e. The number of methoxy groups -OCH3 is 1. The van der Waals surface area contributed by atoms with Gasteiger partial charge in [-0.3, -0.25) is 0 Å². The van der Waals surface area contributed by atoms with Crippen LogP contribution in [0.15, 0.2) is 16.6 Å². The number of benzene rings is 1. The van der Waals surface area contributed by atoms with Crippen LogP contribution in [0.4, 0.5) is 21.6 Å². The SMILES string of the molecule is [C-]#[N+]c1cc(Br)c(Nc2c(C)c(F)cc(OC)c2C)nc1C. The standard InChI is InChI=1S/C16H15BrFN3O/c1-8-12(18)7-14(22-5)9(2)15(8)21-16-11(17)6-13(19-4)10(3)20-16/h6-7H,1-3,5H3,(H,20,21). The van der Waals surface area contributed by atoms with Crippen LogP contribution < -0.4 is 10.1 Å². The summed E-state index contributed by atoms with van der Waals surface area (Å²) in [5.41, 5.74) is 2.97. The molecule has 1 aromatic carbocycles. The summed E-state index contributed by atoms with van der Waals surface area (Å²) in [5.74, 6) is 0.649. The molecule has 4 nitrogen and oxygen atoms in total. The number of anilines is 2. The van der Waals surface area contributed by atoms with Crippen molar-refractivity contribution < 1.29 is 9.13 Å². The molecule has 114 valence electrons. The Morgan fingerprint density at radius 3 is 2.55 bits per heavy atom. The molecule has 2 rings (SSSR count). The van der Waals surface area contributed by atoms with Gasteiger partial charge in [0.2, 0.25) is 5.69 Å². The first-order valence-corrected chi connectivity index (χ1v) is 7.33. The number of pyridine rings is 1. The van der Waals surface area contributed by atoms with E-state index in [1.165, 1.54) is 13.2 Å². The number of aryl methyl sites for hydroxylation is 1. The zero-order valence-electron chi connectivity index (χ0n) is 12.7. The van der Waals surface area contributed by atoms with Gasteiger partial charge >= 0.3 is 0 Å². The molecule has 0 atom stereocenters. The number of hydrogen-bond acceptors (Lipinski definition) is 3. The quantitative estimate of drug-likeness (QED) is 0.760. The van der Waals surface area contributed by atoms with Crippen molar-refractivity contribution in [2.75, 3.05) is 12.4 Å². The summed E-state index contributed by atoms with van der Waals surface area (Å²) in [4.78, 5) is 7.78. The van der Waals surface area contributed by atoms with Crippen LogP contribution in [0.5, 0.6) is 5.75 Å². The van der Waals surface area contributed by atoms with Crippen LogP contribution in [0.2, 0.25) is 0 Å². The Morgan fingerprint density at radius 1 is 1.27 bits per heavy atom. The summed E-state index contributed by atoms with van der Waals surface area (Å²) in [6.07, 6.45) is 0. The third-order valence-electron chi connectivity index (χ3n) is 3.46. The van der Waals surface area contributed by atoms with Crippen LogP contribution in [0.3, 0.4) is 0 Å². The van der Waals surface area contributed by atoms with E-state index in [1.54, 1.807) is 19.9 Å². The molecule has 6 heteroatoms. The molecular formula is C16H15BrFN3O. The first kappa shape index (κ1) is 16.2. The van der Waals surface area contributed by atoms with E-state index in [4.69, 9.17) is 11.3 Å². The molecule has 1 aromatic heterocycles. The summed E-state index contributed by atoms with van der Waals surface area (Å²) in [6.45, 7) is 12.4. The average Bonchev–Trinajstić information content (AvgIpc) is 2.50. The Morgan fingerprint density at radius 2 is 1.95 bits per heavy atom. The van der Waals surface area contributed by atoms with Gasteiger partial charge in [-0.2, -0.15) is 0 Å².